The van der Waals surface area contributed by atoms with Gasteiger partial charge in [-0.3, -0.25) is 0 Å². The number of carbonyl (C=O) groups excluding carboxylic acids is 1. The molecule has 1 fully saturated rings. The number of carbonyl (C=O) groups is 1. The van der Waals surface area contributed by atoms with Crippen LogP contribution in [0, 0.1) is 6.92 Å². The molecule has 2 amide bonds. The zero-order valence-corrected chi connectivity index (χ0v) is 12.9. The normalized spacial score (nSPS) is 22.6. The van der Waals surface area contributed by atoms with Gasteiger partial charge in [-0.25, -0.2) is 4.79 Å². The van der Waals surface area contributed by atoms with Crippen molar-refractivity contribution < 1.29 is 14.3 Å². The van der Waals surface area contributed by atoms with Crippen molar-refractivity contribution in [1.82, 2.24) is 10.6 Å². The molecule has 1 aromatic carbocycles. The lowest BCUT2D eigenvalue weighted by molar-refractivity contribution is 0.114. The molecule has 21 heavy (non-hydrogen) atoms. The van der Waals surface area contributed by atoms with Crippen LogP contribution in [0.25, 0.3) is 0 Å². The lowest BCUT2D eigenvalue weighted by Crippen LogP contribution is -2.48. The van der Waals surface area contributed by atoms with E-state index in [2.05, 4.69) is 10.6 Å². The van der Waals surface area contributed by atoms with E-state index >= 15 is 0 Å². The van der Waals surface area contributed by atoms with E-state index in [1.165, 1.54) is 5.56 Å². The largest absolute Gasteiger partial charge is 0.491 e. The van der Waals surface area contributed by atoms with E-state index in [9.17, 15) is 4.79 Å². The first-order chi connectivity index (χ1) is 10.0. The van der Waals surface area contributed by atoms with Crippen molar-refractivity contribution in [3.63, 3.8) is 0 Å². The summed E-state index contributed by atoms with van der Waals surface area (Å²) in [6, 6.07) is 7.72. The van der Waals surface area contributed by atoms with Crippen LogP contribution in [0.2, 0.25) is 0 Å². The Morgan fingerprint density at radius 1 is 1.43 bits per heavy atom. The molecular weight excluding hydrogens is 268 g/mol. The van der Waals surface area contributed by atoms with E-state index in [-0.39, 0.29) is 24.2 Å². The first kappa shape index (κ1) is 15.6. The minimum absolute atomic E-state index is 0.0658. The average Bonchev–Trinajstić information content (AvgIpc) is 2.83. The second-order valence-corrected chi connectivity index (χ2v) is 5.61. The molecule has 1 heterocycles. The molecule has 1 aromatic rings. The maximum Gasteiger partial charge on any atom is 0.315 e. The van der Waals surface area contributed by atoms with Crippen molar-refractivity contribution in [3.8, 4) is 5.75 Å². The van der Waals surface area contributed by atoms with E-state index in [4.69, 9.17) is 9.47 Å². The van der Waals surface area contributed by atoms with Gasteiger partial charge in [-0.2, -0.15) is 0 Å². The lowest BCUT2D eigenvalue weighted by atomic mass is 10.2. The standard InChI is InChI=1S/C16H24N2O3/c1-11-4-6-14(7-5-11)21-10-12(2)17-16(19)18-15-8-9-20-13(15)3/h4-7,12-13,15H,8-10H2,1-3H3,(H2,17,18,19)/t12-,13+,15+/m0/s1. The van der Waals surface area contributed by atoms with E-state index in [0.717, 1.165) is 12.2 Å². The summed E-state index contributed by atoms with van der Waals surface area (Å²) >= 11 is 0. The van der Waals surface area contributed by atoms with Gasteiger partial charge >= 0.3 is 6.03 Å². The molecule has 0 aromatic heterocycles. The Hall–Kier alpha value is -1.75. The Balaban J connectivity index is 1.69. The molecule has 2 N–H and O–H groups in total. The fourth-order valence-electron chi connectivity index (χ4n) is 2.25. The van der Waals surface area contributed by atoms with Crippen molar-refractivity contribution in [2.75, 3.05) is 13.2 Å². The van der Waals surface area contributed by atoms with Crippen LogP contribution in [0.1, 0.15) is 25.8 Å². The maximum absolute atomic E-state index is 11.9. The van der Waals surface area contributed by atoms with Crippen LogP contribution in [0.5, 0.6) is 5.75 Å². The summed E-state index contributed by atoms with van der Waals surface area (Å²) in [5, 5.41) is 5.81. The summed E-state index contributed by atoms with van der Waals surface area (Å²) in [5.41, 5.74) is 1.20. The number of amides is 2. The summed E-state index contributed by atoms with van der Waals surface area (Å²) in [6.45, 7) is 7.07. The number of urea groups is 1. The highest BCUT2D eigenvalue weighted by atomic mass is 16.5. The molecule has 0 saturated carbocycles. The first-order valence-corrected chi connectivity index (χ1v) is 7.42. The van der Waals surface area contributed by atoms with E-state index in [1.54, 1.807) is 0 Å². The van der Waals surface area contributed by atoms with Crippen LogP contribution in [-0.2, 0) is 4.74 Å². The maximum atomic E-state index is 11.9. The highest BCUT2D eigenvalue weighted by Crippen LogP contribution is 2.13. The van der Waals surface area contributed by atoms with E-state index in [0.29, 0.717) is 13.2 Å². The molecule has 1 aliphatic rings. The molecule has 5 nitrogen and oxygen atoms in total. The predicted octanol–water partition coefficient (Wildman–Crippen LogP) is 2.24. The summed E-state index contributed by atoms with van der Waals surface area (Å²) in [4.78, 5) is 11.9. The monoisotopic (exact) mass is 292 g/mol. The number of hydrogen-bond donors (Lipinski definition) is 2. The summed E-state index contributed by atoms with van der Waals surface area (Å²) < 4.78 is 11.1. The lowest BCUT2D eigenvalue weighted by Gasteiger charge is -2.19. The van der Waals surface area contributed by atoms with Crippen LogP contribution in [0.3, 0.4) is 0 Å². The van der Waals surface area contributed by atoms with Crippen molar-refractivity contribution >= 4 is 6.03 Å². The minimum atomic E-state index is -0.169. The molecule has 2 rings (SSSR count). The third kappa shape index (κ3) is 4.93. The molecule has 1 saturated heterocycles. The third-order valence-electron chi connectivity index (χ3n) is 3.59. The van der Waals surface area contributed by atoms with Gasteiger partial charge in [0.1, 0.15) is 12.4 Å². The molecule has 0 spiro atoms. The topological polar surface area (TPSA) is 59.6 Å². The molecule has 0 aliphatic carbocycles. The first-order valence-electron chi connectivity index (χ1n) is 7.42. The van der Waals surface area contributed by atoms with Gasteiger partial charge in [0.25, 0.3) is 0 Å². The zero-order chi connectivity index (χ0) is 15.2. The van der Waals surface area contributed by atoms with Gasteiger partial charge in [-0.15, -0.1) is 0 Å². The smallest absolute Gasteiger partial charge is 0.315 e. The Labute approximate surface area is 126 Å². The number of hydrogen-bond acceptors (Lipinski definition) is 3. The van der Waals surface area contributed by atoms with Gasteiger partial charge < -0.3 is 20.1 Å². The summed E-state index contributed by atoms with van der Waals surface area (Å²) in [6.07, 6.45) is 0.943. The number of rotatable bonds is 5. The van der Waals surface area contributed by atoms with Gasteiger partial charge in [-0.1, -0.05) is 17.7 Å². The average molecular weight is 292 g/mol. The third-order valence-corrected chi connectivity index (χ3v) is 3.59. The Bertz CT molecular complexity index is 461. The fraction of sp³-hybridized carbons (Fsp3) is 0.562. The molecule has 5 heteroatoms. The van der Waals surface area contributed by atoms with Gasteiger partial charge in [0, 0.05) is 6.61 Å². The summed E-state index contributed by atoms with van der Waals surface area (Å²) in [7, 11) is 0. The van der Waals surface area contributed by atoms with Gasteiger partial charge in [0.05, 0.1) is 18.2 Å². The van der Waals surface area contributed by atoms with Gasteiger partial charge in [-0.05, 0) is 39.3 Å². The van der Waals surface area contributed by atoms with Crippen LogP contribution in [0.4, 0.5) is 4.79 Å². The number of ether oxygens (including phenoxy) is 2. The highest BCUT2D eigenvalue weighted by molar-refractivity contribution is 5.74. The zero-order valence-electron chi connectivity index (χ0n) is 12.9. The fourth-order valence-corrected chi connectivity index (χ4v) is 2.25. The van der Waals surface area contributed by atoms with Crippen LogP contribution in [-0.4, -0.2) is 37.4 Å². The Morgan fingerprint density at radius 2 is 2.14 bits per heavy atom. The van der Waals surface area contributed by atoms with Gasteiger partial charge in [0.2, 0.25) is 0 Å². The van der Waals surface area contributed by atoms with Crippen LogP contribution >= 0.6 is 0 Å². The Kier molecular flexibility index (Phi) is 5.44. The quantitative estimate of drug-likeness (QED) is 0.875. The van der Waals surface area contributed by atoms with E-state index in [1.807, 2.05) is 45.0 Å². The molecular formula is C16H24N2O3. The van der Waals surface area contributed by atoms with E-state index < -0.39 is 0 Å². The molecule has 0 unspecified atom stereocenters. The minimum Gasteiger partial charge on any atom is -0.491 e. The number of benzene rings is 1. The van der Waals surface area contributed by atoms with Crippen molar-refractivity contribution in [2.45, 2.75) is 45.4 Å². The second kappa shape index (κ2) is 7.31. The summed E-state index contributed by atoms with van der Waals surface area (Å²) in [5.74, 6) is 0.812. The number of nitrogens with one attached hydrogen (secondary N) is 2. The highest BCUT2D eigenvalue weighted by Gasteiger charge is 2.25. The molecule has 0 radical (unpaired) electrons. The molecule has 0 bridgehead atoms. The molecule has 116 valence electrons. The van der Waals surface area contributed by atoms with Crippen molar-refractivity contribution in [2.24, 2.45) is 0 Å². The number of aryl methyl sites for hydroxylation is 1. The van der Waals surface area contributed by atoms with Crippen LogP contribution in [0.15, 0.2) is 24.3 Å². The van der Waals surface area contributed by atoms with Gasteiger partial charge in [0.15, 0.2) is 0 Å². The second-order valence-electron chi connectivity index (χ2n) is 5.61. The SMILES string of the molecule is Cc1ccc(OC[C@H](C)NC(=O)N[C@@H]2CCO[C@@H]2C)cc1. The molecule has 1 aliphatic heterocycles. The van der Waals surface area contributed by atoms with Crippen molar-refractivity contribution in [3.05, 3.63) is 29.8 Å². The molecule has 3 atom stereocenters. The van der Waals surface area contributed by atoms with Crippen molar-refractivity contribution in [1.29, 1.82) is 0 Å². The Morgan fingerprint density at radius 3 is 2.76 bits per heavy atom. The van der Waals surface area contributed by atoms with Crippen LogP contribution < -0.4 is 15.4 Å². The predicted molar refractivity (Wildman–Crippen MR) is 81.6 cm³/mol.